The summed E-state index contributed by atoms with van der Waals surface area (Å²) in [7, 11) is 0. The van der Waals surface area contributed by atoms with Gasteiger partial charge >= 0.3 is 12.2 Å². The molecule has 0 radical (unpaired) electrons. The van der Waals surface area contributed by atoms with Crippen LogP contribution in [-0.2, 0) is 6.18 Å². The molecular formula is C24H24F3N7O4. The van der Waals surface area contributed by atoms with E-state index in [4.69, 9.17) is 9.84 Å². The Morgan fingerprint density at radius 3 is 2.84 bits per heavy atom. The van der Waals surface area contributed by atoms with Crippen LogP contribution in [0, 0.1) is 6.92 Å². The number of amides is 2. The Balaban J connectivity index is 1.46. The van der Waals surface area contributed by atoms with Gasteiger partial charge in [-0.1, -0.05) is 12.1 Å². The van der Waals surface area contributed by atoms with Gasteiger partial charge in [-0.05, 0) is 25.5 Å². The van der Waals surface area contributed by atoms with Crippen molar-refractivity contribution in [3.63, 3.8) is 0 Å². The molecule has 2 aliphatic rings. The monoisotopic (exact) mass is 531 g/mol. The average Bonchev–Trinajstić information content (AvgIpc) is 3.29. The number of benzene rings is 1. The predicted octanol–water partition coefficient (Wildman–Crippen LogP) is 2.62. The molecule has 200 valence electrons. The second-order valence-corrected chi connectivity index (χ2v) is 8.94. The van der Waals surface area contributed by atoms with Crippen LogP contribution in [0.4, 0.5) is 35.4 Å². The highest BCUT2D eigenvalue weighted by molar-refractivity contribution is 6.04. The van der Waals surface area contributed by atoms with Crippen molar-refractivity contribution < 1.29 is 32.9 Å². The van der Waals surface area contributed by atoms with Gasteiger partial charge in [-0.3, -0.25) is 10.2 Å². The Labute approximate surface area is 214 Å². The third-order valence-corrected chi connectivity index (χ3v) is 6.26. The third kappa shape index (κ3) is 5.04. The first-order valence-electron chi connectivity index (χ1n) is 11.8. The number of fused-ring (bicyclic) bond motifs is 4. The largest absolute Gasteiger partial charge is 0.475 e. The first-order valence-corrected chi connectivity index (χ1v) is 11.8. The highest BCUT2D eigenvalue weighted by atomic mass is 19.4. The van der Waals surface area contributed by atoms with Crippen LogP contribution in [0.1, 0.15) is 17.7 Å². The molecular weight excluding hydrogens is 507 g/mol. The summed E-state index contributed by atoms with van der Waals surface area (Å²) in [5.41, 5.74) is 0.533. The van der Waals surface area contributed by atoms with Crippen molar-refractivity contribution >= 4 is 23.5 Å². The van der Waals surface area contributed by atoms with Gasteiger partial charge in [0, 0.05) is 30.9 Å². The minimum Gasteiger partial charge on any atom is -0.475 e. The van der Waals surface area contributed by atoms with Crippen LogP contribution in [0.15, 0.2) is 36.5 Å². The number of rotatable bonds is 6. The van der Waals surface area contributed by atoms with E-state index in [-0.39, 0.29) is 41.7 Å². The van der Waals surface area contributed by atoms with E-state index in [9.17, 15) is 23.1 Å². The van der Waals surface area contributed by atoms with E-state index in [2.05, 4.69) is 30.2 Å². The maximum absolute atomic E-state index is 13.5. The van der Waals surface area contributed by atoms with Crippen molar-refractivity contribution in [3.8, 4) is 17.3 Å². The van der Waals surface area contributed by atoms with Crippen molar-refractivity contribution in [2.75, 3.05) is 41.4 Å². The molecule has 2 aromatic heterocycles. The number of nitrogens with one attached hydrogen (secondary N) is 1. The number of aryl methyl sites for hydroxylation is 1. The maximum Gasteiger partial charge on any atom is 0.416 e. The van der Waals surface area contributed by atoms with E-state index >= 15 is 0 Å². The topological polar surface area (TPSA) is 137 Å². The lowest BCUT2D eigenvalue weighted by molar-refractivity contribution is -0.137. The van der Waals surface area contributed by atoms with Gasteiger partial charge in [-0.15, -0.1) is 0 Å². The molecule has 3 N–H and O–H groups in total. The first kappa shape index (κ1) is 25.6. The molecule has 1 aromatic carbocycles. The first-order chi connectivity index (χ1) is 18.1. The SMILES string of the molecule is Cc1nc(-c2cccc(C(F)(F)F)c2)nc2c1N1CC[C@@H](C1)N2C(=O)Nc1nccc(OCC(O)CO)n1. The van der Waals surface area contributed by atoms with Crippen molar-refractivity contribution in [2.24, 2.45) is 0 Å². The molecule has 0 spiro atoms. The molecule has 1 saturated heterocycles. The number of aliphatic hydroxyl groups excluding tert-OH is 2. The van der Waals surface area contributed by atoms with Gasteiger partial charge in [0.25, 0.3) is 0 Å². The van der Waals surface area contributed by atoms with Gasteiger partial charge < -0.3 is 19.8 Å². The quantitative estimate of drug-likeness (QED) is 0.438. The Bertz CT molecular complexity index is 1360. The van der Waals surface area contributed by atoms with Gasteiger partial charge in [0.05, 0.1) is 23.9 Å². The van der Waals surface area contributed by atoms with Gasteiger partial charge in [0.1, 0.15) is 18.4 Å². The fourth-order valence-electron chi connectivity index (χ4n) is 4.52. The average molecular weight is 531 g/mol. The highest BCUT2D eigenvalue weighted by Crippen LogP contribution is 2.42. The van der Waals surface area contributed by atoms with E-state index < -0.39 is 30.5 Å². The summed E-state index contributed by atoms with van der Waals surface area (Å²) in [6, 6.07) is 5.37. The summed E-state index contributed by atoms with van der Waals surface area (Å²) < 4.78 is 45.2. The summed E-state index contributed by atoms with van der Waals surface area (Å²) in [6.45, 7) is 2.27. The normalized spacial score (nSPS) is 17.3. The van der Waals surface area contributed by atoms with Crippen molar-refractivity contribution in [1.29, 1.82) is 0 Å². The summed E-state index contributed by atoms with van der Waals surface area (Å²) >= 11 is 0. The van der Waals surface area contributed by atoms with Crippen LogP contribution >= 0.6 is 0 Å². The minimum atomic E-state index is -4.52. The molecule has 38 heavy (non-hydrogen) atoms. The zero-order valence-electron chi connectivity index (χ0n) is 20.2. The Morgan fingerprint density at radius 2 is 2.08 bits per heavy atom. The van der Waals surface area contributed by atoms with Gasteiger partial charge in [0.2, 0.25) is 11.8 Å². The van der Waals surface area contributed by atoms with Gasteiger partial charge in [-0.2, -0.15) is 18.2 Å². The molecule has 5 rings (SSSR count). The lowest BCUT2D eigenvalue weighted by Gasteiger charge is -2.36. The van der Waals surface area contributed by atoms with Crippen LogP contribution in [0.5, 0.6) is 5.88 Å². The Morgan fingerprint density at radius 1 is 1.26 bits per heavy atom. The third-order valence-electron chi connectivity index (χ3n) is 6.26. The van der Waals surface area contributed by atoms with E-state index in [1.807, 2.05) is 0 Å². The molecule has 2 amide bonds. The summed E-state index contributed by atoms with van der Waals surface area (Å²) in [5.74, 6) is 0.382. The van der Waals surface area contributed by atoms with Crippen molar-refractivity contribution in [1.82, 2.24) is 19.9 Å². The van der Waals surface area contributed by atoms with Crippen LogP contribution in [0.25, 0.3) is 11.4 Å². The smallest absolute Gasteiger partial charge is 0.416 e. The van der Waals surface area contributed by atoms with Crippen LogP contribution < -0.4 is 19.9 Å². The summed E-state index contributed by atoms with van der Waals surface area (Å²) in [4.78, 5) is 34.2. The van der Waals surface area contributed by atoms with E-state index in [0.717, 1.165) is 12.1 Å². The highest BCUT2D eigenvalue weighted by Gasteiger charge is 2.42. The predicted molar refractivity (Wildman–Crippen MR) is 130 cm³/mol. The molecule has 11 nitrogen and oxygen atoms in total. The maximum atomic E-state index is 13.5. The van der Waals surface area contributed by atoms with E-state index in [1.54, 1.807) is 6.92 Å². The zero-order chi connectivity index (χ0) is 27.0. The van der Waals surface area contributed by atoms with Gasteiger partial charge in [0.15, 0.2) is 11.6 Å². The van der Waals surface area contributed by atoms with E-state index in [1.165, 1.54) is 29.3 Å². The Kier molecular flexibility index (Phi) is 6.75. The number of carbonyl (C=O) groups is 1. The lowest BCUT2D eigenvalue weighted by Crippen LogP contribution is -2.48. The number of nitrogens with zero attached hydrogens (tertiary/aromatic N) is 6. The Hall–Kier alpha value is -4.04. The molecule has 2 atom stereocenters. The number of carbonyl (C=O) groups excluding carboxylic acids is 1. The second kappa shape index (κ2) is 10.0. The van der Waals surface area contributed by atoms with E-state index in [0.29, 0.717) is 30.9 Å². The number of hydrogen-bond acceptors (Lipinski definition) is 9. The molecule has 2 bridgehead atoms. The standard InChI is InChI=1S/C24H24F3N7O4/c1-13-19-21(31-20(29-13)14-3-2-4-15(9-14)24(25,26)27)34(16-6-8-33(19)10-16)23(37)32-22-28-7-5-18(30-22)38-12-17(36)11-35/h2-5,7,9,16-17,35-36H,6,8,10-12H2,1H3,(H,28,30,32,37)/t16-,17?/m0/s1. The number of halogens is 3. The lowest BCUT2D eigenvalue weighted by atomic mass is 10.1. The van der Waals surface area contributed by atoms with Crippen LogP contribution in [0.2, 0.25) is 0 Å². The number of anilines is 3. The second-order valence-electron chi connectivity index (χ2n) is 8.94. The number of urea groups is 1. The number of ether oxygens (including phenoxy) is 1. The molecule has 4 heterocycles. The molecule has 0 aliphatic carbocycles. The molecule has 0 saturated carbocycles. The number of aliphatic hydroxyl groups is 2. The van der Waals surface area contributed by atoms with Crippen molar-refractivity contribution in [2.45, 2.75) is 31.7 Å². The summed E-state index contributed by atoms with van der Waals surface area (Å²) in [5, 5.41) is 21.0. The molecule has 2 aliphatic heterocycles. The van der Waals surface area contributed by atoms with Gasteiger partial charge in [-0.25, -0.2) is 19.7 Å². The zero-order valence-corrected chi connectivity index (χ0v) is 20.2. The number of alkyl halides is 3. The molecule has 14 heteroatoms. The fourth-order valence-corrected chi connectivity index (χ4v) is 4.52. The number of hydrogen-bond donors (Lipinski definition) is 3. The number of aromatic nitrogens is 4. The van der Waals surface area contributed by atoms with Crippen LogP contribution in [-0.4, -0.2) is 74.6 Å². The minimum absolute atomic E-state index is 0.0585. The molecule has 1 fully saturated rings. The molecule has 3 aromatic rings. The molecule has 1 unspecified atom stereocenters. The summed E-state index contributed by atoms with van der Waals surface area (Å²) in [6.07, 6.45) is -3.59. The fraction of sp³-hybridized carbons (Fsp3) is 0.375. The van der Waals surface area contributed by atoms with Crippen molar-refractivity contribution in [3.05, 3.63) is 47.8 Å². The van der Waals surface area contributed by atoms with Crippen LogP contribution in [0.3, 0.4) is 0 Å².